The van der Waals surface area contributed by atoms with Crippen LogP contribution in [0.15, 0.2) is 65.6 Å². The molecule has 0 aliphatic carbocycles. The highest BCUT2D eigenvalue weighted by Crippen LogP contribution is 2.49. The third-order valence-electron chi connectivity index (χ3n) is 5.96. The first-order valence-corrected chi connectivity index (χ1v) is 11.2. The van der Waals surface area contributed by atoms with Gasteiger partial charge < -0.3 is 14.2 Å². The molecule has 0 aromatic heterocycles. The van der Waals surface area contributed by atoms with Gasteiger partial charge in [-0.05, 0) is 30.5 Å². The average molecular weight is 412 g/mol. The third kappa shape index (κ3) is 3.65. The summed E-state index contributed by atoms with van der Waals surface area (Å²) in [6, 6.07) is 20.1. The van der Waals surface area contributed by atoms with E-state index >= 15 is 0 Å². The number of rotatable bonds is 4. The summed E-state index contributed by atoms with van der Waals surface area (Å²) in [5, 5.41) is 0. The summed E-state index contributed by atoms with van der Waals surface area (Å²) in [4.78, 5) is 15.9. The van der Waals surface area contributed by atoms with E-state index in [-0.39, 0.29) is 23.6 Å². The molecular weight excluding hydrogens is 386 g/mol. The number of amides is 1. The van der Waals surface area contributed by atoms with E-state index in [0.29, 0.717) is 13.2 Å². The number of cyclic esters (lactones) is 1. The minimum absolute atomic E-state index is 0.0645. The second kappa shape index (κ2) is 8.01. The van der Waals surface area contributed by atoms with Crippen molar-refractivity contribution in [3.8, 4) is 0 Å². The van der Waals surface area contributed by atoms with Gasteiger partial charge in [-0.15, -0.1) is 0 Å². The van der Waals surface area contributed by atoms with E-state index in [9.17, 15) is 4.79 Å². The van der Waals surface area contributed by atoms with Crippen molar-refractivity contribution in [3.05, 3.63) is 66.2 Å². The normalized spacial score (nSPS) is 31.9. The van der Waals surface area contributed by atoms with Gasteiger partial charge >= 0.3 is 6.09 Å². The van der Waals surface area contributed by atoms with Crippen molar-refractivity contribution in [2.75, 3.05) is 13.2 Å². The monoisotopic (exact) mass is 411 g/mol. The van der Waals surface area contributed by atoms with E-state index in [1.807, 2.05) is 41.3 Å². The molecule has 1 spiro atoms. The molecule has 0 N–H and O–H groups in total. The Morgan fingerprint density at radius 2 is 1.76 bits per heavy atom. The van der Waals surface area contributed by atoms with Gasteiger partial charge in [0.2, 0.25) is 0 Å². The van der Waals surface area contributed by atoms with Crippen molar-refractivity contribution in [2.45, 2.75) is 53.9 Å². The van der Waals surface area contributed by atoms with E-state index in [0.717, 1.165) is 36.1 Å². The Bertz CT molecular complexity index is 840. The molecule has 6 heteroatoms. The maximum Gasteiger partial charge on any atom is 0.410 e. The summed E-state index contributed by atoms with van der Waals surface area (Å²) in [6.07, 6.45) is 3.32. The number of carbonyl (C=O) groups is 1. The predicted molar refractivity (Wildman–Crippen MR) is 110 cm³/mol. The Labute approximate surface area is 175 Å². The zero-order chi connectivity index (χ0) is 19.7. The number of nitrogens with zero attached hydrogens (tertiary/aromatic N) is 1. The van der Waals surface area contributed by atoms with E-state index in [1.165, 1.54) is 0 Å². The molecule has 5 nitrogen and oxygen atoms in total. The van der Waals surface area contributed by atoms with Crippen molar-refractivity contribution in [1.29, 1.82) is 0 Å². The van der Waals surface area contributed by atoms with Gasteiger partial charge in [0.25, 0.3) is 0 Å². The zero-order valence-corrected chi connectivity index (χ0v) is 17.1. The first kappa shape index (κ1) is 19.0. The van der Waals surface area contributed by atoms with E-state index in [4.69, 9.17) is 14.2 Å². The van der Waals surface area contributed by atoms with Crippen LogP contribution in [-0.4, -0.2) is 41.5 Å². The van der Waals surface area contributed by atoms with Crippen LogP contribution < -0.4 is 0 Å². The molecule has 29 heavy (non-hydrogen) atoms. The van der Waals surface area contributed by atoms with Crippen molar-refractivity contribution in [1.82, 2.24) is 4.90 Å². The van der Waals surface area contributed by atoms with Crippen molar-refractivity contribution in [2.24, 2.45) is 0 Å². The molecule has 1 unspecified atom stereocenters. The van der Waals surface area contributed by atoms with E-state index in [1.54, 1.807) is 11.8 Å². The third-order valence-corrected chi connectivity index (χ3v) is 7.06. The largest absolute Gasteiger partial charge is 0.447 e. The predicted octanol–water partition coefficient (Wildman–Crippen LogP) is 4.98. The maximum absolute atomic E-state index is 12.8. The SMILES string of the molecule is O=C1OC[C@H](c2ccccc2)N1[C@H]1CC(Sc2ccccc2)O[C@@]12CCCCO2. The number of hydrogen-bond donors (Lipinski definition) is 0. The second-order valence-electron chi connectivity index (χ2n) is 7.76. The molecule has 2 aromatic rings. The van der Waals surface area contributed by atoms with Crippen molar-refractivity contribution < 1.29 is 19.0 Å². The zero-order valence-electron chi connectivity index (χ0n) is 16.2. The summed E-state index contributed by atoms with van der Waals surface area (Å²) >= 11 is 1.70. The molecule has 3 heterocycles. The van der Waals surface area contributed by atoms with E-state index < -0.39 is 5.79 Å². The summed E-state index contributed by atoms with van der Waals surface area (Å²) in [6.45, 7) is 1.03. The highest BCUT2D eigenvalue weighted by Gasteiger charge is 2.57. The number of ether oxygens (including phenoxy) is 3. The molecular formula is C23H25NO4S. The van der Waals surface area contributed by atoms with Gasteiger partial charge in [0.05, 0.1) is 18.7 Å². The van der Waals surface area contributed by atoms with Crippen LogP contribution in [0, 0.1) is 0 Å². The highest BCUT2D eigenvalue weighted by molar-refractivity contribution is 7.99. The Kier molecular flexibility index (Phi) is 5.24. The molecule has 0 radical (unpaired) electrons. The van der Waals surface area contributed by atoms with Crippen LogP contribution in [0.3, 0.4) is 0 Å². The van der Waals surface area contributed by atoms with Crippen molar-refractivity contribution in [3.63, 3.8) is 0 Å². The summed E-state index contributed by atoms with van der Waals surface area (Å²) in [7, 11) is 0. The van der Waals surface area contributed by atoms with Gasteiger partial charge in [-0.1, -0.05) is 60.3 Å². The first-order chi connectivity index (χ1) is 14.3. The topological polar surface area (TPSA) is 48.0 Å². The molecule has 4 atom stereocenters. The molecule has 5 rings (SSSR count). The lowest BCUT2D eigenvalue weighted by Crippen LogP contribution is -2.54. The lowest BCUT2D eigenvalue weighted by atomic mass is 9.94. The summed E-state index contributed by atoms with van der Waals surface area (Å²) in [5.41, 5.74) is 1.02. The van der Waals surface area contributed by atoms with Gasteiger partial charge in [0, 0.05) is 17.7 Å². The smallest absolute Gasteiger partial charge is 0.410 e. The molecule has 3 aliphatic heterocycles. The lowest BCUT2D eigenvalue weighted by molar-refractivity contribution is -0.254. The van der Waals surface area contributed by atoms with Gasteiger partial charge in [0.15, 0.2) is 5.79 Å². The number of thioether (sulfide) groups is 1. The minimum atomic E-state index is -0.749. The maximum atomic E-state index is 12.8. The summed E-state index contributed by atoms with van der Waals surface area (Å²) < 4.78 is 18.3. The van der Waals surface area contributed by atoms with Gasteiger partial charge in [-0.3, -0.25) is 4.90 Å². The molecule has 3 fully saturated rings. The van der Waals surface area contributed by atoms with Crippen LogP contribution in [0.5, 0.6) is 0 Å². The average Bonchev–Trinajstić information content (AvgIpc) is 3.30. The van der Waals surface area contributed by atoms with Gasteiger partial charge in [0.1, 0.15) is 12.0 Å². The highest BCUT2D eigenvalue weighted by atomic mass is 32.2. The summed E-state index contributed by atoms with van der Waals surface area (Å²) in [5.74, 6) is -0.749. The molecule has 0 bridgehead atoms. The van der Waals surface area contributed by atoms with Crippen LogP contribution in [0.4, 0.5) is 4.79 Å². The van der Waals surface area contributed by atoms with Gasteiger partial charge in [-0.2, -0.15) is 0 Å². The molecule has 3 saturated heterocycles. The van der Waals surface area contributed by atoms with Crippen molar-refractivity contribution >= 4 is 17.9 Å². The molecule has 0 saturated carbocycles. The number of carbonyl (C=O) groups excluding carboxylic acids is 1. The lowest BCUT2D eigenvalue weighted by Gasteiger charge is -2.41. The molecule has 1 amide bonds. The number of benzene rings is 2. The van der Waals surface area contributed by atoms with E-state index in [2.05, 4.69) is 24.3 Å². The second-order valence-corrected chi connectivity index (χ2v) is 8.99. The number of hydrogen-bond acceptors (Lipinski definition) is 5. The Morgan fingerprint density at radius 1 is 1.00 bits per heavy atom. The first-order valence-electron chi connectivity index (χ1n) is 10.3. The standard InChI is InChI=1S/C23H25NO4S/c25-22-24(19(16-26-22)17-9-3-1-4-10-17)20-15-21(29-18-11-5-2-6-12-18)28-23(20)13-7-8-14-27-23/h1-6,9-12,19-21H,7-8,13-16H2/t19-,20+,21?,23+/m1/s1. The fraction of sp³-hybridized carbons (Fsp3) is 0.435. The quantitative estimate of drug-likeness (QED) is 0.710. The van der Waals surface area contributed by atoms with Crippen LogP contribution in [0.2, 0.25) is 0 Å². The van der Waals surface area contributed by atoms with Gasteiger partial charge in [-0.25, -0.2) is 4.79 Å². The van der Waals surface area contributed by atoms with Crippen LogP contribution in [-0.2, 0) is 14.2 Å². The molecule has 152 valence electrons. The molecule has 2 aromatic carbocycles. The fourth-order valence-corrected chi connectivity index (χ4v) is 5.72. The fourth-order valence-electron chi connectivity index (χ4n) is 4.61. The minimum Gasteiger partial charge on any atom is -0.447 e. The Morgan fingerprint density at radius 3 is 2.48 bits per heavy atom. The van der Waals surface area contributed by atoms with Crippen LogP contribution in [0.1, 0.15) is 37.3 Å². The Hall–Kier alpha value is -2.02. The Balaban J connectivity index is 1.44. The van der Waals surface area contributed by atoms with Crippen LogP contribution in [0.25, 0.3) is 0 Å². The molecule has 3 aliphatic rings. The van der Waals surface area contributed by atoms with Crippen LogP contribution >= 0.6 is 11.8 Å².